The maximum atomic E-state index is 5.30. The van der Waals surface area contributed by atoms with Gasteiger partial charge in [-0.2, -0.15) is 0 Å². The Bertz CT molecular complexity index is 341. The van der Waals surface area contributed by atoms with Crippen molar-refractivity contribution in [3.8, 4) is 11.8 Å². The zero-order chi connectivity index (χ0) is 10.8. The van der Waals surface area contributed by atoms with Gasteiger partial charge in [0.2, 0.25) is 0 Å². The number of benzene rings is 1. The molecule has 78 valence electrons. The summed E-state index contributed by atoms with van der Waals surface area (Å²) in [4.78, 5) is 0. The lowest BCUT2D eigenvalue weighted by molar-refractivity contribution is 0.199. The van der Waals surface area contributed by atoms with E-state index in [-0.39, 0.29) is 0 Å². The molecule has 0 aliphatic rings. The molecule has 0 spiro atoms. The summed E-state index contributed by atoms with van der Waals surface area (Å²) >= 11 is 0. The van der Waals surface area contributed by atoms with E-state index >= 15 is 0 Å². The maximum Gasteiger partial charge on any atom is 0.108 e. The van der Waals surface area contributed by atoms with Crippen molar-refractivity contribution in [2.45, 2.75) is 13.3 Å². The van der Waals surface area contributed by atoms with Crippen LogP contribution < -0.4 is 0 Å². The lowest BCUT2D eigenvalue weighted by Gasteiger charge is -1.92. The van der Waals surface area contributed by atoms with Crippen molar-refractivity contribution in [1.29, 1.82) is 0 Å². The van der Waals surface area contributed by atoms with Gasteiger partial charge in [-0.25, -0.2) is 0 Å². The van der Waals surface area contributed by atoms with Crippen LogP contribution in [-0.2, 0) is 4.74 Å². The molecule has 0 saturated carbocycles. The summed E-state index contributed by atoms with van der Waals surface area (Å²) in [6.45, 7) is 3.24. The van der Waals surface area contributed by atoms with Crippen molar-refractivity contribution in [3.63, 3.8) is 0 Å². The second-order valence-electron chi connectivity index (χ2n) is 3.06. The van der Waals surface area contributed by atoms with E-state index in [1.54, 1.807) is 0 Å². The molecule has 0 fully saturated rings. The van der Waals surface area contributed by atoms with Gasteiger partial charge >= 0.3 is 0 Å². The molecule has 0 N–H and O–H groups in total. The third-order valence-electron chi connectivity index (χ3n) is 1.80. The summed E-state index contributed by atoms with van der Waals surface area (Å²) < 4.78 is 5.30. The Labute approximate surface area is 91.8 Å². The third kappa shape index (κ3) is 5.72. The first kappa shape index (κ1) is 11.6. The minimum atomic E-state index is 0.489. The standard InChI is InChI=1S/C14H16O/c1-2-3-7-12-15-13-8-11-14-9-5-4-6-10-14/h3-7,9-10H,2,12-13H2,1H3/b7-3+. The van der Waals surface area contributed by atoms with Crippen LogP contribution in [0.4, 0.5) is 0 Å². The molecule has 1 aromatic rings. The monoisotopic (exact) mass is 200 g/mol. The molecule has 1 nitrogen and oxygen atoms in total. The van der Waals surface area contributed by atoms with E-state index in [9.17, 15) is 0 Å². The number of allylic oxidation sites excluding steroid dienone is 1. The second-order valence-corrected chi connectivity index (χ2v) is 3.06. The first-order valence-corrected chi connectivity index (χ1v) is 5.20. The van der Waals surface area contributed by atoms with Crippen LogP contribution >= 0.6 is 0 Å². The fourth-order valence-corrected chi connectivity index (χ4v) is 1.07. The molecule has 0 radical (unpaired) electrons. The van der Waals surface area contributed by atoms with Crippen LogP contribution in [0.15, 0.2) is 42.5 Å². The summed E-state index contributed by atoms with van der Waals surface area (Å²) in [5, 5.41) is 0. The largest absolute Gasteiger partial charge is 0.365 e. The average Bonchev–Trinajstić information content (AvgIpc) is 2.29. The van der Waals surface area contributed by atoms with Gasteiger partial charge in [0.15, 0.2) is 0 Å². The smallest absolute Gasteiger partial charge is 0.108 e. The number of ether oxygens (including phenoxy) is 1. The third-order valence-corrected chi connectivity index (χ3v) is 1.80. The lowest BCUT2D eigenvalue weighted by Crippen LogP contribution is -1.90. The predicted octanol–water partition coefficient (Wildman–Crippen LogP) is 3.02. The van der Waals surface area contributed by atoms with Crippen LogP contribution in [0.2, 0.25) is 0 Å². The molecule has 15 heavy (non-hydrogen) atoms. The van der Waals surface area contributed by atoms with Crippen molar-refractivity contribution in [3.05, 3.63) is 48.0 Å². The van der Waals surface area contributed by atoms with Gasteiger partial charge in [0.05, 0.1) is 6.61 Å². The van der Waals surface area contributed by atoms with E-state index in [0.717, 1.165) is 12.0 Å². The van der Waals surface area contributed by atoms with Crippen LogP contribution in [0.5, 0.6) is 0 Å². The van der Waals surface area contributed by atoms with E-state index < -0.39 is 0 Å². The Kier molecular flexibility index (Phi) is 6.04. The second kappa shape index (κ2) is 7.84. The Balaban J connectivity index is 2.20. The highest BCUT2D eigenvalue weighted by Gasteiger charge is 1.81. The van der Waals surface area contributed by atoms with Crippen LogP contribution in [0.25, 0.3) is 0 Å². The van der Waals surface area contributed by atoms with Gasteiger partial charge in [-0.05, 0) is 18.6 Å². The summed E-state index contributed by atoms with van der Waals surface area (Å²) in [7, 11) is 0. The maximum absolute atomic E-state index is 5.30. The van der Waals surface area contributed by atoms with Gasteiger partial charge in [0.25, 0.3) is 0 Å². The zero-order valence-corrected chi connectivity index (χ0v) is 9.07. The van der Waals surface area contributed by atoms with Crippen molar-refractivity contribution in [2.75, 3.05) is 13.2 Å². The van der Waals surface area contributed by atoms with E-state index in [4.69, 9.17) is 4.74 Å². The summed E-state index contributed by atoms with van der Waals surface area (Å²) in [6.07, 6.45) is 5.16. The summed E-state index contributed by atoms with van der Waals surface area (Å²) in [6, 6.07) is 9.93. The van der Waals surface area contributed by atoms with Gasteiger partial charge in [-0.1, -0.05) is 49.1 Å². The fourth-order valence-electron chi connectivity index (χ4n) is 1.07. The minimum Gasteiger partial charge on any atom is -0.365 e. The molecule has 1 rings (SSSR count). The van der Waals surface area contributed by atoms with Crippen LogP contribution in [0.3, 0.4) is 0 Å². The van der Waals surface area contributed by atoms with Crippen molar-refractivity contribution in [1.82, 2.24) is 0 Å². The zero-order valence-electron chi connectivity index (χ0n) is 9.07. The first-order chi connectivity index (χ1) is 7.43. The van der Waals surface area contributed by atoms with Crippen LogP contribution in [0, 0.1) is 11.8 Å². The van der Waals surface area contributed by atoms with E-state index in [0.29, 0.717) is 13.2 Å². The molecule has 1 aromatic carbocycles. The Hall–Kier alpha value is -1.52. The first-order valence-electron chi connectivity index (χ1n) is 5.20. The Morgan fingerprint density at radius 2 is 2.00 bits per heavy atom. The average molecular weight is 200 g/mol. The van der Waals surface area contributed by atoms with E-state index in [1.165, 1.54) is 0 Å². The minimum absolute atomic E-state index is 0.489. The highest BCUT2D eigenvalue weighted by Crippen LogP contribution is 1.94. The SMILES string of the molecule is CC/C=C/COCC#Cc1ccccc1. The fraction of sp³-hybridized carbons (Fsp3) is 0.286. The number of hydrogen-bond acceptors (Lipinski definition) is 1. The van der Waals surface area contributed by atoms with Gasteiger partial charge in [-0.15, -0.1) is 0 Å². The Morgan fingerprint density at radius 1 is 1.20 bits per heavy atom. The highest BCUT2D eigenvalue weighted by molar-refractivity contribution is 5.33. The van der Waals surface area contributed by atoms with Crippen LogP contribution in [-0.4, -0.2) is 13.2 Å². The van der Waals surface area contributed by atoms with E-state index in [2.05, 4.69) is 24.8 Å². The van der Waals surface area contributed by atoms with Gasteiger partial charge in [0, 0.05) is 5.56 Å². The highest BCUT2D eigenvalue weighted by atomic mass is 16.5. The molecular weight excluding hydrogens is 184 g/mol. The lowest BCUT2D eigenvalue weighted by atomic mass is 10.2. The topological polar surface area (TPSA) is 9.23 Å². The molecule has 0 aliphatic carbocycles. The molecule has 0 bridgehead atoms. The molecule has 0 saturated heterocycles. The molecule has 0 aliphatic heterocycles. The Morgan fingerprint density at radius 3 is 2.73 bits per heavy atom. The van der Waals surface area contributed by atoms with Crippen molar-refractivity contribution in [2.24, 2.45) is 0 Å². The normalized spacial score (nSPS) is 9.93. The van der Waals surface area contributed by atoms with Gasteiger partial charge in [-0.3, -0.25) is 0 Å². The van der Waals surface area contributed by atoms with Gasteiger partial charge < -0.3 is 4.74 Å². The summed E-state index contributed by atoms with van der Waals surface area (Å²) in [5.41, 5.74) is 1.03. The predicted molar refractivity (Wildman–Crippen MR) is 63.6 cm³/mol. The molecule has 0 heterocycles. The molecule has 0 aromatic heterocycles. The number of rotatable bonds is 4. The van der Waals surface area contributed by atoms with Crippen molar-refractivity contribution < 1.29 is 4.74 Å². The van der Waals surface area contributed by atoms with Gasteiger partial charge in [0.1, 0.15) is 6.61 Å². The molecule has 0 atom stereocenters. The number of hydrogen-bond donors (Lipinski definition) is 0. The van der Waals surface area contributed by atoms with Crippen LogP contribution in [0.1, 0.15) is 18.9 Å². The van der Waals surface area contributed by atoms with E-state index in [1.807, 2.05) is 36.4 Å². The molecular formula is C14H16O. The molecule has 1 heteroatoms. The van der Waals surface area contributed by atoms with Crippen molar-refractivity contribution >= 4 is 0 Å². The quantitative estimate of drug-likeness (QED) is 0.412. The molecule has 0 amide bonds. The molecule has 0 unspecified atom stereocenters. The summed E-state index contributed by atoms with van der Waals surface area (Å²) in [5.74, 6) is 6.01.